The molecule has 20 heavy (non-hydrogen) atoms. The zero-order chi connectivity index (χ0) is 14.7. The van der Waals surface area contributed by atoms with Gasteiger partial charge in [-0.05, 0) is 32.4 Å². The van der Waals surface area contributed by atoms with Crippen LogP contribution in [0, 0.1) is 17.0 Å². The van der Waals surface area contributed by atoms with Crippen LogP contribution in [-0.4, -0.2) is 35.5 Å². The van der Waals surface area contributed by atoms with E-state index in [1.165, 1.54) is 0 Å². The first kappa shape index (κ1) is 14.9. The van der Waals surface area contributed by atoms with E-state index in [1.807, 2.05) is 12.1 Å². The molecular weight excluding hydrogens is 254 g/mol. The van der Waals surface area contributed by atoms with Gasteiger partial charge in [0.15, 0.2) is 0 Å². The molecule has 1 saturated heterocycles. The highest BCUT2D eigenvalue weighted by atomic mass is 16.6. The summed E-state index contributed by atoms with van der Waals surface area (Å²) in [5.74, 6) is 0. The molecule has 110 valence electrons. The van der Waals surface area contributed by atoms with E-state index in [4.69, 9.17) is 0 Å². The quantitative estimate of drug-likeness (QED) is 0.641. The zero-order valence-corrected chi connectivity index (χ0v) is 12.4. The molecule has 2 rings (SSSR count). The van der Waals surface area contributed by atoms with Crippen LogP contribution in [-0.2, 0) is 0 Å². The molecule has 0 aromatic heterocycles. The van der Waals surface area contributed by atoms with Crippen LogP contribution in [0.3, 0.4) is 0 Å². The average molecular weight is 277 g/mol. The van der Waals surface area contributed by atoms with Gasteiger partial charge in [0.1, 0.15) is 0 Å². The van der Waals surface area contributed by atoms with E-state index in [2.05, 4.69) is 24.1 Å². The van der Waals surface area contributed by atoms with Crippen molar-refractivity contribution in [3.05, 3.63) is 39.4 Å². The van der Waals surface area contributed by atoms with E-state index in [-0.39, 0.29) is 16.7 Å². The van der Waals surface area contributed by atoms with Gasteiger partial charge in [0.25, 0.3) is 5.69 Å². The van der Waals surface area contributed by atoms with Crippen LogP contribution < -0.4 is 5.32 Å². The standard InChI is InChI=1S/C15H23N3O2/c1-4-7-17(14-9-16-10-14)12(3)13-6-5-11(2)15(8-13)18(19)20/h5-6,8,12,14,16H,4,7,9-10H2,1-3H3. The van der Waals surface area contributed by atoms with Crippen molar-refractivity contribution in [1.82, 2.24) is 10.2 Å². The van der Waals surface area contributed by atoms with Crippen molar-refractivity contribution in [2.24, 2.45) is 0 Å². The zero-order valence-electron chi connectivity index (χ0n) is 12.4. The Balaban J connectivity index is 2.23. The molecular formula is C15H23N3O2. The molecule has 0 spiro atoms. The van der Waals surface area contributed by atoms with Crippen LogP contribution in [0.25, 0.3) is 0 Å². The fraction of sp³-hybridized carbons (Fsp3) is 0.600. The lowest BCUT2D eigenvalue weighted by molar-refractivity contribution is -0.385. The Morgan fingerprint density at radius 1 is 1.50 bits per heavy atom. The number of hydrogen-bond acceptors (Lipinski definition) is 4. The number of nitrogens with one attached hydrogen (secondary N) is 1. The first-order valence-electron chi connectivity index (χ1n) is 7.26. The Labute approximate surface area is 120 Å². The summed E-state index contributed by atoms with van der Waals surface area (Å²) < 4.78 is 0. The predicted octanol–water partition coefficient (Wildman–Crippen LogP) is 2.65. The maximum absolute atomic E-state index is 11.1. The second-order valence-electron chi connectivity index (χ2n) is 5.53. The minimum Gasteiger partial charge on any atom is -0.314 e. The van der Waals surface area contributed by atoms with Crippen LogP contribution in [0.15, 0.2) is 18.2 Å². The minimum atomic E-state index is -0.291. The van der Waals surface area contributed by atoms with Gasteiger partial charge in [0, 0.05) is 36.8 Å². The maximum Gasteiger partial charge on any atom is 0.272 e. The number of nitrogens with zero attached hydrogens (tertiary/aromatic N) is 2. The SMILES string of the molecule is CCCN(C1CNC1)C(C)c1ccc(C)c([N+](=O)[O-])c1. The lowest BCUT2D eigenvalue weighted by Crippen LogP contribution is -2.57. The minimum absolute atomic E-state index is 0.210. The first-order valence-corrected chi connectivity index (χ1v) is 7.26. The monoisotopic (exact) mass is 277 g/mol. The average Bonchev–Trinajstić information content (AvgIpc) is 2.35. The van der Waals surface area contributed by atoms with Gasteiger partial charge in [0.2, 0.25) is 0 Å². The molecule has 0 amide bonds. The molecule has 0 saturated carbocycles. The molecule has 1 unspecified atom stereocenters. The van der Waals surface area contributed by atoms with Crippen molar-refractivity contribution in [3.63, 3.8) is 0 Å². The van der Waals surface area contributed by atoms with Crippen molar-refractivity contribution >= 4 is 5.69 Å². The summed E-state index contributed by atoms with van der Waals surface area (Å²) in [5, 5.41) is 14.4. The lowest BCUT2D eigenvalue weighted by Gasteiger charge is -2.42. The summed E-state index contributed by atoms with van der Waals surface area (Å²) >= 11 is 0. The molecule has 1 atom stereocenters. The third kappa shape index (κ3) is 2.99. The van der Waals surface area contributed by atoms with Crippen molar-refractivity contribution < 1.29 is 4.92 Å². The highest BCUT2D eigenvalue weighted by Crippen LogP contribution is 2.28. The second kappa shape index (κ2) is 6.33. The van der Waals surface area contributed by atoms with Crippen LogP contribution in [0.2, 0.25) is 0 Å². The van der Waals surface area contributed by atoms with Crippen LogP contribution in [0.5, 0.6) is 0 Å². The largest absolute Gasteiger partial charge is 0.314 e. The molecule has 1 N–H and O–H groups in total. The number of hydrogen-bond donors (Lipinski definition) is 1. The Morgan fingerprint density at radius 3 is 2.70 bits per heavy atom. The van der Waals surface area contributed by atoms with Gasteiger partial charge in [-0.1, -0.05) is 19.1 Å². The molecule has 1 aliphatic heterocycles. The normalized spacial score (nSPS) is 17.0. The van der Waals surface area contributed by atoms with Crippen molar-refractivity contribution in [2.45, 2.75) is 39.3 Å². The Bertz CT molecular complexity index is 486. The molecule has 0 bridgehead atoms. The summed E-state index contributed by atoms with van der Waals surface area (Å²) in [4.78, 5) is 13.2. The van der Waals surface area contributed by atoms with Crippen LogP contribution >= 0.6 is 0 Å². The molecule has 5 heteroatoms. The molecule has 0 radical (unpaired) electrons. The van der Waals surface area contributed by atoms with E-state index < -0.39 is 0 Å². The lowest BCUT2D eigenvalue weighted by atomic mass is 10.00. The molecule has 1 aromatic rings. The topological polar surface area (TPSA) is 58.4 Å². The molecule has 1 heterocycles. The summed E-state index contributed by atoms with van der Waals surface area (Å²) in [6.07, 6.45) is 1.09. The summed E-state index contributed by atoms with van der Waals surface area (Å²) in [6.45, 7) is 9.14. The molecule has 1 aromatic carbocycles. The van der Waals surface area contributed by atoms with E-state index >= 15 is 0 Å². The van der Waals surface area contributed by atoms with Gasteiger partial charge >= 0.3 is 0 Å². The van der Waals surface area contributed by atoms with Gasteiger partial charge in [-0.25, -0.2) is 0 Å². The van der Waals surface area contributed by atoms with Crippen molar-refractivity contribution in [1.29, 1.82) is 0 Å². The third-order valence-electron chi connectivity index (χ3n) is 4.12. The van der Waals surface area contributed by atoms with Gasteiger partial charge in [-0.15, -0.1) is 0 Å². The van der Waals surface area contributed by atoms with Gasteiger partial charge in [-0.2, -0.15) is 0 Å². The molecule has 5 nitrogen and oxygen atoms in total. The summed E-state index contributed by atoms with van der Waals surface area (Å²) in [6, 6.07) is 6.36. The first-order chi connectivity index (χ1) is 9.54. The van der Waals surface area contributed by atoms with Crippen LogP contribution in [0.1, 0.15) is 37.4 Å². The van der Waals surface area contributed by atoms with E-state index in [0.29, 0.717) is 6.04 Å². The maximum atomic E-state index is 11.1. The fourth-order valence-electron chi connectivity index (χ4n) is 2.73. The van der Waals surface area contributed by atoms with E-state index in [1.54, 1.807) is 13.0 Å². The number of benzene rings is 1. The van der Waals surface area contributed by atoms with Crippen molar-refractivity contribution in [2.75, 3.05) is 19.6 Å². The number of rotatable bonds is 6. The Hall–Kier alpha value is -1.46. The van der Waals surface area contributed by atoms with Gasteiger partial charge in [-0.3, -0.25) is 15.0 Å². The fourth-order valence-corrected chi connectivity index (χ4v) is 2.73. The Morgan fingerprint density at radius 2 is 2.20 bits per heavy atom. The number of nitro benzene ring substituents is 1. The predicted molar refractivity (Wildman–Crippen MR) is 79.9 cm³/mol. The molecule has 1 fully saturated rings. The van der Waals surface area contributed by atoms with E-state index in [0.717, 1.165) is 37.2 Å². The van der Waals surface area contributed by atoms with Crippen molar-refractivity contribution in [3.8, 4) is 0 Å². The third-order valence-corrected chi connectivity index (χ3v) is 4.12. The highest BCUT2D eigenvalue weighted by molar-refractivity contribution is 5.43. The van der Waals surface area contributed by atoms with Crippen LogP contribution in [0.4, 0.5) is 5.69 Å². The molecule has 1 aliphatic rings. The number of aryl methyl sites for hydroxylation is 1. The van der Waals surface area contributed by atoms with E-state index in [9.17, 15) is 10.1 Å². The number of nitro groups is 1. The van der Waals surface area contributed by atoms with Gasteiger partial charge < -0.3 is 5.32 Å². The highest BCUT2D eigenvalue weighted by Gasteiger charge is 2.29. The summed E-state index contributed by atoms with van der Waals surface area (Å²) in [7, 11) is 0. The second-order valence-corrected chi connectivity index (χ2v) is 5.53. The molecule has 0 aliphatic carbocycles. The smallest absolute Gasteiger partial charge is 0.272 e. The Kier molecular flexibility index (Phi) is 4.73. The summed E-state index contributed by atoms with van der Waals surface area (Å²) in [5.41, 5.74) is 1.97. The van der Waals surface area contributed by atoms with Gasteiger partial charge in [0.05, 0.1) is 4.92 Å².